The van der Waals surface area contributed by atoms with E-state index >= 15 is 0 Å². The Kier molecular flexibility index (Phi) is 10.2. The number of aromatic nitrogens is 4. The lowest BCUT2D eigenvalue weighted by atomic mass is 10.00. The summed E-state index contributed by atoms with van der Waals surface area (Å²) in [7, 11) is 0. The van der Waals surface area contributed by atoms with Crippen molar-refractivity contribution in [1.82, 2.24) is 24.9 Å². The smallest absolute Gasteiger partial charge is 0.109 e. The minimum Gasteiger partial charge on any atom is -0.377 e. The molecule has 0 spiro atoms. The number of hydrogen-bond donors (Lipinski definition) is 2. The van der Waals surface area contributed by atoms with Crippen LogP contribution in [0.25, 0.3) is 10.9 Å². The van der Waals surface area contributed by atoms with E-state index in [1.165, 1.54) is 6.20 Å². The SMILES string of the molecule is CCN1CCC(n2cc([C@@H](Nc3cc(Cl)c4ncc(C#N)c(N[C@H](CCC#N)c5ccccc5)c4c3)c3ccc(Cl)cc3)nn2)CC1. The summed E-state index contributed by atoms with van der Waals surface area (Å²) in [5, 5.41) is 37.7. The third-order valence-corrected chi connectivity index (χ3v) is 9.37. The van der Waals surface area contributed by atoms with Crippen LogP contribution in [0, 0.1) is 22.7 Å². The number of fused-ring (bicyclic) bond motifs is 1. The molecule has 5 aromatic rings. The summed E-state index contributed by atoms with van der Waals surface area (Å²) in [5.74, 6) is 0. The van der Waals surface area contributed by atoms with Gasteiger partial charge < -0.3 is 15.5 Å². The number of hydrogen-bond acceptors (Lipinski definition) is 8. The number of anilines is 2. The monoisotopic (exact) mass is 663 g/mol. The number of benzene rings is 3. The highest BCUT2D eigenvalue weighted by Crippen LogP contribution is 2.38. The standard InChI is InChI=1S/C36H35Cl2N9/c1-2-46-17-14-29(15-18-46)47-23-33(44-45-47)35(25-10-12-27(37)13-11-25)42-28-19-30-34(26(21-40)22-41-36(30)31(38)20-28)43-32(9-6-16-39)24-7-4-3-5-8-24/h3-5,7-8,10-13,19-20,22-23,29,32,35,42H,2,6,9,14-15,17-18H2,1H3,(H,41,43)/t32-,35+/m1/s1. The Morgan fingerprint density at radius 1 is 0.979 bits per heavy atom. The van der Waals surface area contributed by atoms with Gasteiger partial charge in [-0.2, -0.15) is 10.5 Å². The van der Waals surface area contributed by atoms with Crippen molar-refractivity contribution >= 4 is 45.5 Å². The van der Waals surface area contributed by atoms with Gasteiger partial charge in [-0.25, -0.2) is 4.68 Å². The van der Waals surface area contributed by atoms with Gasteiger partial charge in [-0.1, -0.05) is 77.8 Å². The molecule has 3 heterocycles. The van der Waals surface area contributed by atoms with Gasteiger partial charge in [-0.15, -0.1) is 5.10 Å². The molecule has 0 amide bonds. The Balaban J connectivity index is 1.38. The van der Waals surface area contributed by atoms with Gasteiger partial charge in [-0.3, -0.25) is 4.98 Å². The Morgan fingerprint density at radius 3 is 2.45 bits per heavy atom. The highest BCUT2D eigenvalue weighted by molar-refractivity contribution is 6.36. The van der Waals surface area contributed by atoms with E-state index in [-0.39, 0.29) is 12.1 Å². The van der Waals surface area contributed by atoms with E-state index < -0.39 is 0 Å². The van der Waals surface area contributed by atoms with Crippen molar-refractivity contribution in [3.8, 4) is 12.1 Å². The first kappa shape index (κ1) is 32.3. The lowest BCUT2D eigenvalue weighted by Gasteiger charge is -2.30. The minimum atomic E-state index is -0.360. The van der Waals surface area contributed by atoms with Crippen LogP contribution < -0.4 is 10.6 Å². The molecule has 1 fully saturated rings. The molecule has 1 aliphatic heterocycles. The molecule has 238 valence electrons. The van der Waals surface area contributed by atoms with E-state index in [4.69, 9.17) is 23.2 Å². The first-order valence-corrected chi connectivity index (χ1v) is 16.6. The molecule has 0 saturated carbocycles. The van der Waals surface area contributed by atoms with Gasteiger partial charge >= 0.3 is 0 Å². The molecule has 6 rings (SSSR count). The Labute approximate surface area is 284 Å². The van der Waals surface area contributed by atoms with Crippen molar-refractivity contribution in [2.24, 2.45) is 0 Å². The van der Waals surface area contributed by atoms with Crippen molar-refractivity contribution in [3.05, 3.63) is 112 Å². The molecule has 0 radical (unpaired) electrons. The van der Waals surface area contributed by atoms with Crippen molar-refractivity contribution in [3.63, 3.8) is 0 Å². The Morgan fingerprint density at radius 2 is 1.74 bits per heavy atom. The molecule has 1 saturated heterocycles. The van der Waals surface area contributed by atoms with Crippen LogP contribution in [0.5, 0.6) is 0 Å². The molecular weight excluding hydrogens is 629 g/mol. The quantitative estimate of drug-likeness (QED) is 0.145. The lowest BCUT2D eigenvalue weighted by Crippen LogP contribution is -2.34. The van der Waals surface area contributed by atoms with Crippen LogP contribution in [0.1, 0.15) is 73.1 Å². The molecule has 2 atom stereocenters. The number of nitrogens with one attached hydrogen (secondary N) is 2. The number of halogens is 2. The fourth-order valence-electron chi connectivity index (χ4n) is 6.22. The summed E-state index contributed by atoms with van der Waals surface area (Å²) < 4.78 is 2.00. The molecule has 47 heavy (non-hydrogen) atoms. The van der Waals surface area contributed by atoms with Crippen LogP contribution in [0.4, 0.5) is 11.4 Å². The summed E-state index contributed by atoms with van der Waals surface area (Å²) in [5.41, 5.74) is 5.03. The number of likely N-dealkylation sites (tertiary alicyclic amines) is 1. The summed E-state index contributed by atoms with van der Waals surface area (Å²) in [6.45, 7) is 5.34. The zero-order valence-corrected chi connectivity index (χ0v) is 27.6. The topological polar surface area (TPSA) is 118 Å². The molecule has 2 N–H and O–H groups in total. The zero-order valence-electron chi connectivity index (χ0n) is 26.1. The summed E-state index contributed by atoms with van der Waals surface area (Å²) in [6.07, 6.45) is 6.54. The van der Waals surface area contributed by atoms with Gasteiger partial charge in [-0.05, 0) is 61.2 Å². The lowest BCUT2D eigenvalue weighted by molar-refractivity contribution is 0.186. The highest BCUT2D eigenvalue weighted by atomic mass is 35.5. The molecule has 2 aromatic heterocycles. The second-order valence-corrected chi connectivity index (χ2v) is 12.6. The number of pyridine rings is 1. The molecule has 0 bridgehead atoms. The molecule has 3 aromatic carbocycles. The van der Waals surface area contributed by atoms with Gasteiger partial charge in [0.05, 0.1) is 52.2 Å². The molecule has 11 heteroatoms. The summed E-state index contributed by atoms with van der Waals surface area (Å²) >= 11 is 13.2. The van der Waals surface area contributed by atoms with Crippen molar-refractivity contribution in [2.75, 3.05) is 30.3 Å². The first-order valence-electron chi connectivity index (χ1n) is 15.8. The Bertz CT molecular complexity index is 1900. The van der Waals surface area contributed by atoms with E-state index in [1.54, 1.807) is 0 Å². The van der Waals surface area contributed by atoms with E-state index in [0.717, 1.165) is 55.0 Å². The maximum Gasteiger partial charge on any atom is 0.109 e. The van der Waals surface area contributed by atoms with E-state index in [0.29, 0.717) is 51.1 Å². The van der Waals surface area contributed by atoms with Crippen molar-refractivity contribution < 1.29 is 0 Å². The number of piperidine rings is 1. The van der Waals surface area contributed by atoms with Crippen molar-refractivity contribution in [2.45, 2.75) is 50.7 Å². The number of rotatable bonds is 11. The number of nitriles is 2. The number of nitrogens with zero attached hydrogens (tertiary/aromatic N) is 7. The van der Waals surface area contributed by atoms with E-state index in [2.05, 4.69) is 49.9 Å². The van der Waals surface area contributed by atoms with E-state index in [9.17, 15) is 10.5 Å². The second kappa shape index (κ2) is 14.8. The second-order valence-electron chi connectivity index (χ2n) is 11.7. The van der Waals surface area contributed by atoms with Gasteiger partial charge in [0.15, 0.2) is 0 Å². The van der Waals surface area contributed by atoms with Crippen LogP contribution in [-0.4, -0.2) is 44.5 Å². The van der Waals surface area contributed by atoms with Crippen LogP contribution >= 0.6 is 23.2 Å². The maximum atomic E-state index is 10.1. The van der Waals surface area contributed by atoms with Crippen LogP contribution in [0.15, 0.2) is 79.1 Å². The van der Waals surface area contributed by atoms with Crippen LogP contribution in [-0.2, 0) is 0 Å². The maximum absolute atomic E-state index is 10.1. The molecule has 9 nitrogen and oxygen atoms in total. The van der Waals surface area contributed by atoms with Gasteiger partial charge in [0, 0.05) is 41.8 Å². The van der Waals surface area contributed by atoms with Gasteiger partial charge in [0.25, 0.3) is 0 Å². The van der Waals surface area contributed by atoms with E-state index in [1.807, 2.05) is 77.6 Å². The van der Waals surface area contributed by atoms with Crippen LogP contribution in [0.2, 0.25) is 10.0 Å². The highest BCUT2D eigenvalue weighted by Gasteiger charge is 2.25. The average Bonchev–Trinajstić information content (AvgIpc) is 3.60. The largest absolute Gasteiger partial charge is 0.377 e. The first-order chi connectivity index (χ1) is 23.0. The summed E-state index contributed by atoms with van der Waals surface area (Å²) in [4.78, 5) is 7.00. The molecule has 0 unspecified atom stereocenters. The summed E-state index contributed by atoms with van der Waals surface area (Å²) in [6, 6.07) is 25.6. The molecular formula is C36H35Cl2N9. The van der Waals surface area contributed by atoms with Crippen LogP contribution in [0.3, 0.4) is 0 Å². The van der Waals surface area contributed by atoms with Crippen molar-refractivity contribution in [1.29, 1.82) is 10.5 Å². The average molecular weight is 665 g/mol. The zero-order chi connectivity index (χ0) is 32.8. The molecule has 0 aliphatic carbocycles. The van der Waals surface area contributed by atoms with Gasteiger partial charge in [0.1, 0.15) is 11.8 Å². The minimum absolute atomic E-state index is 0.204. The normalized spacial score (nSPS) is 15.1. The predicted molar refractivity (Wildman–Crippen MR) is 186 cm³/mol. The Hall–Kier alpha value is -4.67. The fraction of sp³-hybridized carbons (Fsp3) is 0.306. The predicted octanol–water partition coefficient (Wildman–Crippen LogP) is 8.32. The van der Waals surface area contributed by atoms with Gasteiger partial charge in [0.2, 0.25) is 0 Å². The fourth-order valence-corrected chi connectivity index (χ4v) is 6.62. The molecule has 1 aliphatic rings. The third kappa shape index (κ3) is 7.34. The third-order valence-electron chi connectivity index (χ3n) is 8.83.